The molecule has 1 aliphatic rings. The molecule has 1 atom stereocenters. The topological polar surface area (TPSA) is 49.3 Å². The minimum absolute atomic E-state index is 0.0414. The largest absolute Gasteiger partial charge is 0.387 e. The second-order valence-electron chi connectivity index (χ2n) is 6.58. The average Bonchev–Trinajstić information content (AvgIpc) is 3.11. The lowest BCUT2D eigenvalue weighted by Crippen LogP contribution is -2.44. The number of amides is 1. The summed E-state index contributed by atoms with van der Waals surface area (Å²) < 4.78 is 0. The molecule has 3 rings (SSSR count). The Morgan fingerprint density at radius 3 is 2.40 bits per heavy atom. The SMILES string of the molecule is O=C(NCC(O)c1ccc(Cl)cc1)C1(c2cccc(Cl)c2)CCCC1. The van der Waals surface area contributed by atoms with Crippen LogP contribution in [-0.2, 0) is 10.2 Å². The van der Waals surface area contributed by atoms with Gasteiger partial charge in [0.1, 0.15) is 0 Å². The van der Waals surface area contributed by atoms with Crippen molar-refractivity contribution in [2.45, 2.75) is 37.2 Å². The highest BCUT2D eigenvalue weighted by molar-refractivity contribution is 6.30. The van der Waals surface area contributed by atoms with E-state index in [9.17, 15) is 9.90 Å². The maximum atomic E-state index is 13.0. The first kappa shape index (κ1) is 18.2. The minimum atomic E-state index is -0.765. The standard InChI is InChI=1S/C20H21Cl2NO2/c21-16-8-6-14(7-9-16)18(24)13-23-19(25)20(10-1-2-11-20)15-4-3-5-17(22)12-15/h3-9,12,18,24H,1-2,10-11,13H2,(H,23,25). The van der Waals surface area contributed by atoms with Gasteiger partial charge < -0.3 is 10.4 Å². The first-order valence-electron chi connectivity index (χ1n) is 8.49. The van der Waals surface area contributed by atoms with Crippen LogP contribution in [-0.4, -0.2) is 17.6 Å². The van der Waals surface area contributed by atoms with Gasteiger partial charge in [-0.1, -0.05) is 60.3 Å². The van der Waals surface area contributed by atoms with Gasteiger partial charge >= 0.3 is 0 Å². The van der Waals surface area contributed by atoms with Crippen molar-refractivity contribution >= 4 is 29.1 Å². The van der Waals surface area contributed by atoms with Crippen molar-refractivity contribution in [2.75, 3.05) is 6.54 Å². The van der Waals surface area contributed by atoms with Crippen molar-refractivity contribution in [3.63, 3.8) is 0 Å². The quantitative estimate of drug-likeness (QED) is 0.796. The third-order valence-corrected chi connectivity index (χ3v) is 5.47. The van der Waals surface area contributed by atoms with E-state index in [0.29, 0.717) is 10.0 Å². The van der Waals surface area contributed by atoms with E-state index in [2.05, 4.69) is 5.32 Å². The van der Waals surface area contributed by atoms with Crippen molar-refractivity contribution in [3.8, 4) is 0 Å². The van der Waals surface area contributed by atoms with Gasteiger partial charge in [0.2, 0.25) is 5.91 Å². The van der Waals surface area contributed by atoms with Crippen LogP contribution < -0.4 is 5.32 Å². The number of nitrogens with one attached hydrogen (secondary N) is 1. The number of rotatable bonds is 5. The van der Waals surface area contributed by atoms with Crippen LogP contribution >= 0.6 is 23.2 Å². The Hall–Kier alpha value is -1.55. The molecular formula is C20H21Cl2NO2. The predicted octanol–water partition coefficient (Wildman–Crippen LogP) is 4.66. The molecule has 0 heterocycles. The normalized spacial score (nSPS) is 17.2. The van der Waals surface area contributed by atoms with Crippen LogP contribution in [0.3, 0.4) is 0 Å². The molecule has 2 aromatic carbocycles. The molecular weight excluding hydrogens is 357 g/mol. The van der Waals surface area contributed by atoms with Crippen molar-refractivity contribution in [1.82, 2.24) is 5.32 Å². The van der Waals surface area contributed by atoms with Crippen LogP contribution in [0.15, 0.2) is 48.5 Å². The van der Waals surface area contributed by atoms with Crippen molar-refractivity contribution in [1.29, 1.82) is 0 Å². The highest BCUT2D eigenvalue weighted by Crippen LogP contribution is 2.42. The first-order chi connectivity index (χ1) is 12.0. The van der Waals surface area contributed by atoms with Crippen LogP contribution in [0.5, 0.6) is 0 Å². The molecule has 5 heteroatoms. The smallest absolute Gasteiger partial charge is 0.230 e. The third kappa shape index (κ3) is 4.00. The summed E-state index contributed by atoms with van der Waals surface area (Å²) in [4.78, 5) is 13.0. The zero-order valence-electron chi connectivity index (χ0n) is 13.8. The van der Waals surface area contributed by atoms with E-state index >= 15 is 0 Å². The van der Waals surface area contributed by atoms with Gasteiger partial charge in [-0.2, -0.15) is 0 Å². The van der Waals surface area contributed by atoms with Gasteiger partial charge in [0.15, 0.2) is 0 Å². The Morgan fingerprint density at radius 1 is 1.08 bits per heavy atom. The molecule has 0 radical (unpaired) electrons. The van der Waals surface area contributed by atoms with Crippen LogP contribution in [0.2, 0.25) is 10.0 Å². The van der Waals surface area contributed by atoms with Gasteiger partial charge in [-0.3, -0.25) is 4.79 Å². The number of carbonyl (C=O) groups excluding carboxylic acids is 1. The number of aliphatic hydroxyl groups excluding tert-OH is 1. The third-order valence-electron chi connectivity index (χ3n) is 4.98. The van der Waals surface area contributed by atoms with Gasteiger partial charge in [-0.25, -0.2) is 0 Å². The van der Waals surface area contributed by atoms with E-state index in [0.717, 1.165) is 36.8 Å². The zero-order valence-corrected chi connectivity index (χ0v) is 15.4. The molecule has 1 fully saturated rings. The molecule has 0 aromatic heterocycles. The van der Waals surface area contributed by atoms with E-state index in [4.69, 9.17) is 23.2 Å². The fourth-order valence-corrected chi connectivity index (χ4v) is 3.89. The Balaban J connectivity index is 1.72. The highest BCUT2D eigenvalue weighted by Gasteiger charge is 2.42. The Bertz CT molecular complexity index is 740. The van der Waals surface area contributed by atoms with Gasteiger partial charge in [-0.15, -0.1) is 0 Å². The van der Waals surface area contributed by atoms with Crippen LogP contribution in [0, 0.1) is 0 Å². The second-order valence-corrected chi connectivity index (χ2v) is 7.45. The summed E-state index contributed by atoms with van der Waals surface area (Å²) in [6.07, 6.45) is 2.87. The minimum Gasteiger partial charge on any atom is -0.387 e. The highest BCUT2D eigenvalue weighted by atomic mass is 35.5. The molecule has 132 valence electrons. The second kappa shape index (κ2) is 7.77. The number of carbonyl (C=O) groups is 1. The summed E-state index contributed by atoms with van der Waals surface area (Å²) in [7, 11) is 0. The van der Waals surface area contributed by atoms with E-state index in [-0.39, 0.29) is 12.5 Å². The molecule has 1 unspecified atom stereocenters. The summed E-state index contributed by atoms with van der Waals surface area (Å²) in [5.74, 6) is -0.0414. The molecule has 0 spiro atoms. The number of hydrogen-bond acceptors (Lipinski definition) is 2. The van der Waals surface area contributed by atoms with E-state index in [1.807, 2.05) is 24.3 Å². The molecule has 25 heavy (non-hydrogen) atoms. The monoisotopic (exact) mass is 377 g/mol. The fourth-order valence-electron chi connectivity index (χ4n) is 3.57. The Morgan fingerprint density at radius 2 is 1.76 bits per heavy atom. The van der Waals surface area contributed by atoms with Gasteiger partial charge in [-0.05, 0) is 48.2 Å². The van der Waals surface area contributed by atoms with Gasteiger partial charge in [0, 0.05) is 16.6 Å². The average molecular weight is 378 g/mol. The Kier molecular flexibility index (Phi) is 5.67. The fraction of sp³-hybridized carbons (Fsp3) is 0.350. The lowest BCUT2D eigenvalue weighted by Gasteiger charge is -2.29. The van der Waals surface area contributed by atoms with Crippen LogP contribution in [0.1, 0.15) is 42.9 Å². The summed E-state index contributed by atoms with van der Waals surface area (Å²) in [5.41, 5.74) is 1.13. The molecule has 1 amide bonds. The summed E-state index contributed by atoms with van der Waals surface area (Å²) >= 11 is 12.0. The maximum Gasteiger partial charge on any atom is 0.230 e. The van der Waals surface area contributed by atoms with E-state index < -0.39 is 11.5 Å². The van der Waals surface area contributed by atoms with Crippen LogP contribution in [0.25, 0.3) is 0 Å². The number of benzene rings is 2. The summed E-state index contributed by atoms with van der Waals surface area (Å²) in [6, 6.07) is 14.5. The van der Waals surface area contributed by atoms with Crippen molar-refractivity contribution < 1.29 is 9.90 Å². The van der Waals surface area contributed by atoms with Crippen molar-refractivity contribution in [3.05, 3.63) is 69.7 Å². The zero-order chi connectivity index (χ0) is 17.9. The molecule has 0 bridgehead atoms. The van der Waals surface area contributed by atoms with Crippen LogP contribution in [0.4, 0.5) is 0 Å². The van der Waals surface area contributed by atoms with E-state index in [1.165, 1.54) is 0 Å². The summed E-state index contributed by atoms with van der Waals surface area (Å²) in [5, 5.41) is 14.5. The number of halogens is 2. The number of hydrogen-bond donors (Lipinski definition) is 2. The lowest BCUT2D eigenvalue weighted by molar-refractivity contribution is -0.127. The molecule has 2 aromatic rings. The lowest BCUT2D eigenvalue weighted by atomic mass is 9.78. The molecule has 0 aliphatic heterocycles. The molecule has 2 N–H and O–H groups in total. The van der Waals surface area contributed by atoms with Gasteiger partial charge in [0.25, 0.3) is 0 Å². The molecule has 1 saturated carbocycles. The van der Waals surface area contributed by atoms with Gasteiger partial charge in [0.05, 0.1) is 11.5 Å². The maximum absolute atomic E-state index is 13.0. The van der Waals surface area contributed by atoms with E-state index in [1.54, 1.807) is 24.3 Å². The predicted molar refractivity (Wildman–Crippen MR) is 101 cm³/mol. The van der Waals surface area contributed by atoms with Crippen molar-refractivity contribution in [2.24, 2.45) is 0 Å². The first-order valence-corrected chi connectivity index (χ1v) is 9.25. The molecule has 0 saturated heterocycles. The summed E-state index contributed by atoms with van der Waals surface area (Å²) in [6.45, 7) is 0.169. The number of aliphatic hydroxyl groups is 1. The molecule has 1 aliphatic carbocycles. The molecule has 3 nitrogen and oxygen atoms in total. The Labute approximate surface area is 158 Å².